The first-order valence-electron chi connectivity index (χ1n) is 7.24. The van der Waals surface area contributed by atoms with E-state index in [-0.39, 0.29) is 21.6 Å². The number of unbranched alkanes of at least 4 members (excludes halogenated alkanes) is 5. The van der Waals surface area contributed by atoms with Crippen molar-refractivity contribution < 1.29 is 0 Å². The van der Waals surface area contributed by atoms with Crippen LogP contribution in [0.5, 0.6) is 0 Å². The van der Waals surface area contributed by atoms with Gasteiger partial charge in [0.25, 0.3) is 0 Å². The Morgan fingerprint density at radius 1 is 0.889 bits per heavy atom. The van der Waals surface area contributed by atoms with E-state index in [1.165, 1.54) is 53.5 Å². The summed E-state index contributed by atoms with van der Waals surface area (Å²) in [5.74, 6) is 1.34. The number of rotatable bonds is 11. The van der Waals surface area contributed by atoms with Crippen LogP contribution in [0, 0.1) is 0 Å². The van der Waals surface area contributed by atoms with Crippen molar-refractivity contribution >= 4 is 33.4 Å². The van der Waals surface area contributed by atoms with E-state index < -0.39 is 0 Å². The fraction of sp³-hybridized carbons (Fsp3) is 0.625. The van der Waals surface area contributed by atoms with Crippen molar-refractivity contribution in [1.82, 2.24) is 0 Å². The molecule has 2 heteroatoms. The second kappa shape index (κ2) is 12.4. The van der Waals surface area contributed by atoms with Crippen LogP contribution >= 0.6 is 11.8 Å². The first-order chi connectivity index (χ1) is 8.93. The van der Waals surface area contributed by atoms with E-state index in [9.17, 15) is 0 Å². The Balaban J connectivity index is 1.82. The summed E-state index contributed by atoms with van der Waals surface area (Å²) in [6.45, 7) is 2.29. The van der Waals surface area contributed by atoms with Crippen LogP contribution < -0.4 is 0 Å². The molecule has 0 aromatic heterocycles. The third-order valence-electron chi connectivity index (χ3n) is 2.93. The summed E-state index contributed by atoms with van der Waals surface area (Å²) in [6, 6.07) is 10.8. The third-order valence-corrected chi connectivity index (χ3v) is 8.19. The van der Waals surface area contributed by atoms with E-state index >= 15 is 0 Å². The van der Waals surface area contributed by atoms with Crippen molar-refractivity contribution in [3.8, 4) is 0 Å². The SMILES string of the molecule is CCCCCCC[CH2][Sb][CH2]CSc1ccccc1. The van der Waals surface area contributed by atoms with Gasteiger partial charge in [-0.05, 0) is 0 Å². The first kappa shape index (κ1) is 16.4. The molecule has 0 aliphatic rings. The molecule has 1 rings (SSSR count). The van der Waals surface area contributed by atoms with E-state index in [4.69, 9.17) is 0 Å². The van der Waals surface area contributed by atoms with Crippen molar-refractivity contribution in [3.05, 3.63) is 30.3 Å². The Morgan fingerprint density at radius 3 is 2.39 bits per heavy atom. The standard InChI is InChI=1S/C8H9S.C8H17.Sb/c1-2-9-8-6-4-3-5-7-8;1-3-5-7-8-6-4-2;/h3-7H,1-2H2;1,3-8H2,2H3;. The van der Waals surface area contributed by atoms with Crippen LogP contribution in [0.3, 0.4) is 0 Å². The van der Waals surface area contributed by atoms with E-state index in [2.05, 4.69) is 37.3 Å². The predicted molar refractivity (Wildman–Crippen MR) is 85.9 cm³/mol. The summed E-state index contributed by atoms with van der Waals surface area (Å²) in [7, 11) is 0. The van der Waals surface area contributed by atoms with E-state index in [0.717, 1.165) is 0 Å². The van der Waals surface area contributed by atoms with Gasteiger partial charge in [-0.1, -0.05) is 0 Å². The van der Waals surface area contributed by atoms with Gasteiger partial charge >= 0.3 is 129 Å². The molecule has 0 N–H and O–H groups in total. The van der Waals surface area contributed by atoms with Gasteiger partial charge in [0.05, 0.1) is 0 Å². The molecule has 0 saturated carbocycles. The summed E-state index contributed by atoms with van der Waals surface area (Å²) in [4.78, 5) is 1.44. The summed E-state index contributed by atoms with van der Waals surface area (Å²) < 4.78 is 3.10. The molecule has 0 spiro atoms. The van der Waals surface area contributed by atoms with Crippen molar-refractivity contribution in [2.45, 2.75) is 59.1 Å². The molecule has 101 valence electrons. The topological polar surface area (TPSA) is 0 Å². The van der Waals surface area contributed by atoms with E-state index in [0.29, 0.717) is 0 Å². The molecular formula is C16H26SSb. The molecule has 0 atom stereocenters. The molecule has 0 amide bonds. The zero-order chi connectivity index (χ0) is 12.9. The summed E-state index contributed by atoms with van der Waals surface area (Å²) in [6.07, 6.45) is 8.74. The van der Waals surface area contributed by atoms with Crippen LogP contribution in [0.4, 0.5) is 0 Å². The van der Waals surface area contributed by atoms with Gasteiger partial charge in [-0.2, -0.15) is 0 Å². The minimum atomic E-state index is 0.141. The Kier molecular flexibility index (Phi) is 11.3. The Labute approximate surface area is 128 Å². The molecule has 1 aromatic carbocycles. The molecule has 0 unspecified atom stereocenters. The number of hydrogen-bond donors (Lipinski definition) is 0. The van der Waals surface area contributed by atoms with Crippen LogP contribution in [-0.4, -0.2) is 27.4 Å². The van der Waals surface area contributed by atoms with Gasteiger partial charge < -0.3 is 0 Å². The van der Waals surface area contributed by atoms with Gasteiger partial charge in [-0.3, -0.25) is 0 Å². The maximum atomic E-state index is 2.29. The van der Waals surface area contributed by atoms with Gasteiger partial charge in [-0.25, -0.2) is 0 Å². The van der Waals surface area contributed by atoms with Crippen molar-refractivity contribution in [3.63, 3.8) is 0 Å². The molecule has 0 saturated heterocycles. The Bertz CT molecular complexity index is 274. The minimum absolute atomic E-state index is 0.141. The second-order valence-electron chi connectivity index (χ2n) is 4.60. The van der Waals surface area contributed by atoms with Crippen molar-refractivity contribution in [2.24, 2.45) is 0 Å². The van der Waals surface area contributed by atoms with Crippen LogP contribution in [0.15, 0.2) is 35.2 Å². The third kappa shape index (κ3) is 9.34. The molecule has 0 aliphatic heterocycles. The quantitative estimate of drug-likeness (QED) is 0.274. The van der Waals surface area contributed by atoms with Crippen molar-refractivity contribution in [2.75, 3.05) is 5.75 Å². The predicted octanol–water partition coefficient (Wildman–Crippen LogP) is 5.68. The summed E-state index contributed by atoms with van der Waals surface area (Å²) >= 11 is 2.17. The molecule has 18 heavy (non-hydrogen) atoms. The normalized spacial score (nSPS) is 10.7. The molecule has 0 bridgehead atoms. The Morgan fingerprint density at radius 2 is 1.61 bits per heavy atom. The second-order valence-corrected chi connectivity index (χ2v) is 9.60. The molecule has 0 aliphatic carbocycles. The van der Waals surface area contributed by atoms with Crippen LogP contribution in [0.25, 0.3) is 0 Å². The summed E-state index contributed by atoms with van der Waals surface area (Å²) in [5, 5.41) is 0. The number of thioether (sulfide) groups is 1. The average molecular weight is 372 g/mol. The van der Waals surface area contributed by atoms with Gasteiger partial charge in [-0.15, -0.1) is 0 Å². The maximum absolute atomic E-state index is 2.29. The van der Waals surface area contributed by atoms with Crippen molar-refractivity contribution in [1.29, 1.82) is 0 Å². The Hall–Kier alpha value is 0.388. The molecule has 1 radical (unpaired) electrons. The van der Waals surface area contributed by atoms with E-state index in [1.807, 2.05) is 11.8 Å². The van der Waals surface area contributed by atoms with E-state index in [1.54, 1.807) is 4.37 Å². The summed E-state index contributed by atoms with van der Waals surface area (Å²) in [5.41, 5.74) is 0. The zero-order valence-electron chi connectivity index (χ0n) is 11.6. The van der Waals surface area contributed by atoms with Gasteiger partial charge in [0.1, 0.15) is 0 Å². The monoisotopic (exact) mass is 371 g/mol. The first-order valence-corrected chi connectivity index (χ1v) is 11.8. The molecule has 0 fully saturated rings. The average Bonchev–Trinajstić information content (AvgIpc) is 2.42. The zero-order valence-corrected chi connectivity index (χ0v) is 15.0. The number of hydrogen-bond acceptors (Lipinski definition) is 1. The van der Waals surface area contributed by atoms with Gasteiger partial charge in [0, 0.05) is 0 Å². The molecule has 0 heterocycles. The van der Waals surface area contributed by atoms with Crippen LogP contribution in [0.1, 0.15) is 45.4 Å². The van der Waals surface area contributed by atoms with Crippen LogP contribution in [0.2, 0.25) is 8.73 Å². The van der Waals surface area contributed by atoms with Gasteiger partial charge in [0.15, 0.2) is 0 Å². The fourth-order valence-corrected chi connectivity index (χ4v) is 6.47. The van der Waals surface area contributed by atoms with Gasteiger partial charge in [0.2, 0.25) is 0 Å². The van der Waals surface area contributed by atoms with Crippen LogP contribution in [-0.2, 0) is 0 Å². The fourth-order valence-electron chi connectivity index (χ4n) is 1.86. The molecular weight excluding hydrogens is 346 g/mol. The number of benzene rings is 1. The molecule has 1 aromatic rings. The molecule has 0 nitrogen and oxygen atoms in total.